The van der Waals surface area contributed by atoms with E-state index < -0.39 is 0 Å². The van der Waals surface area contributed by atoms with Crippen molar-refractivity contribution in [2.75, 3.05) is 32.8 Å². The van der Waals surface area contributed by atoms with Gasteiger partial charge in [0.05, 0.1) is 0 Å². The number of nitrogens with one attached hydrogen (secondary N) is 2. The Morgan fingerprint density at radius 1 is 1.07 bits per heavy atom. The highest BCUT2D eigenvalue weighted by atomic mass is 16.5. The Morgan fingerprint density at radius 3 is 2.63 bits per heavy atom. The number of benzene rings is 1. The summed E-state index contributed by atoms with van der Waals surface area (Å²) in [7, 11) is 0. The number of carbonyl (C=O) groups excluding carboxylic acids is 1. The van der Waals surface area contributed by atoms with E-state index in [4.69, 9.17) is 4.74 Å². The van der Waals surface area contributed by atoms with Crippen LogP contribution in [-0.2, 0) is 4.74 Å². The Bertz CT molecular complexity index is 527. The number of hydrogen-bond donors (Lipinski definition) is 2. The van der Waals surface area contributed by atoms with Gasteiger partial charge in [-0.1, -0.05) is 51.2 Å². The summed E-state index contributed by atoms with van der Waals surface area (Å²) >= 11 is 0. The zero-order valence-corrected chi connectivity index (χ0v) is 17.1. The second kappa shape index (κ2) is 13.7. The van der Waals surface area contributed by atoms with Gasteiger partial charge in [-0.2, -0.15) is 0 Å². The number of piperidine rings is 1. The minimum atomic E-state index is 0.0294. The molecular formula is C23H38N2O2. The molecule has 1 fully saturated rings. The average Bonchev–Trinajstić information content (AvgIpc) is 2.72. The van der Waals surface area contributed by atoms with E-state index in [1.165, 1.54) is 37.7 Å². The van der Waals surface area contributed by atoms with Crippen molar-refractivity contribution in [2.24, 2.45) is 0 Å². The van der Waals surface area contributed by atoms with Crippen LogP contribution in [0.5, 0.6) is 0 Å². The van der Waals surface area contributed by atoms with Crippen LogP contribution in [0.1, 0.15) is 86.6 Å². The lowest BCUT2D eigenvalue weighted by Gasteiger charge is -2.23. The minimum absolute atomic E-state index is 0.0294. The van der Waals surface area contributed by atoms with E-state index in [0.29, 0.717) is 12.5 Å². The van der Waals surface area contributed by atoms with Gasteiger partial charge in [0.25, 0.3) is 5.91 Å². The van der Waals surface area contributed by atoms with Crippen molar-refractivity contribution in [3.63, 3.8) is 0 Å². The highest BCUT2D eigenvalue weighted by Crippen LogP contribution is 2.25. The predicted molar refractivity (Wildman–Crippen MR) is 112 cm³/mol. The molecule has 0 radical (unpaired) electrons. The minimum Gasteiger partial charge on any atom is -0.381 e. The van der Waals surface area contributed by atoms with Crippen LogP contribution in [0.4, 0.5) is 0 Å². The zero-order valence-electron chi connectivity index (χ0n) is 17.1. The number of amides is 1. The van der Waals surface area contributed by atoms with Gasteiger partial charge in [-0.3, -0.25) is 4.79 Å². The summed E-state index contributed by atoms with van der Waals surface area (Å²) in [5.41, 5.74) is 2.07. The van der Waals surface area contributed by atoms with Gasteiger partial charge in [-0.25, -0.2) is 0 Å². The number of unbranched alkanes of at least 4 members (excludes halogenated alkanes) is 5. The Balaban J connectivity index is 1.55. The summed E-state index contributed by atoms with van der Waals surface area (Å²) in [6, 6.07) is 8.15. The van der Waals surface area contributed by atoms with Crippen molar-refractivity contribution in [1.82, 2.24) is 10.6 Å². The van der Waals surface area contributed by atoms with E-state index in [0.717, 1.165) is 57.6 Å². The Hall–Kier alpha value is -1.39. The molecule has 1 saturated heterocycles. The van der Waals surface area contributed by atoms with Crippen LogP contribution in [-0.4, -0.2) is 38.8 Å². The summed E-state index contributed by atoms with van der Waals surface area (Å²) in [6.45, 7) is 6.63. The molecule has 0 atom stereocenters. The molecule has 1 amide bonds. The molecule has 1 aliphatic rings. The fraction of sp³-hybridized carbons (Fsp3) is 0.696. The maximum atomic E-state index is 12.4. The van der Waals surface area contributed by atoms with E-state index >= 15 is 0 Å². The first-order valence-corrected chi connectivity index (χ1v) is 11.0. The third-order valence-electron chi connectivity index (χ3n) is 5.35. The second-order valence-corrected chi connectivity index (χ2v) is 7.64. The maximum absolute atomic E-state index is 12.4. The Labute approximate surface area is 165 Å². The number of hydrogen-bond acceptors (Lipinski definition) is 3. The van der Waals surface area contributed by atoms with Crippen LogP contribution in [0.3, 0.4) is 0 Å². The average molecular weight is 375 g/mol. The molecule has 1 aromatic rings. The largest absolute Gasteiger partial charge is 0.381 e. The number of rotatable bonds is 13. The highest BCUT2D eigenvalue weighted by Gasteiger charge is 2.16. The molecule has 0 spiro atoms. The van der Waals surface area contributed by atoms with Crippen LogP contribution in [0, 0.1) is 0 Å². The Kier molecular flexibility index (Phi) is 11.1. The molecule has 1 aromatic carbocycles. The first-order valence-electron chi connectivity index (χ1n) is 11.0. The molecule has 0 saturated carbocycles. The van der Waals surface area contributed by atoms with Crippen molar-refractivity contribution in [3.8, 4) is 0 Å². The van der Waals surface area contributed by atoms with Crippen molar-refractivity contribution >= 4 is 5.91 Å². The van der Waals surface area contributed by atoms with Gasteiger partial charge in [-0.05, 0) is 62.4 Å². The smallest absolute Gasteiger partial charge is 0.251 e. The van der Waals surface area contributed by atoms with Crippen LogP contribution in [0.15, 0.2) is 24.3 Å². The number of carbonyl (C=O) groups is 1. The fourth-order valence-electron chi connectivity index (χ4n) is 3.65. The summed E-state index contributed by atoms with van der Waals surface area (Å²) in [5.74, 6) is 0.607. The molecule has 0 aliphatic carbocycles. The summed E-state index contributed by atoms with van der Waals surface area (Å²) in [4.78, 5) is 12.4. The third kappa shape index (κ3) is 8.89. The fourth-order valence-corrected chi connectivity index (χ4v) is 3.65. The normalized spacial score (nSPS) is 15.0. The molecule has 0 bridgehead atoms. The highest BCUT2D eigenvalue weighted by molar-refractivity contribution is 5.94. The summed E-state index contributed by atoms with van der Waals surface area (Å²) in [5, 5.41) is 6.42. The van der Waals surface area contributed by atoms with E-state index in [2.05, 4.69) is 29.7 Å². The Morgan fingerprint density at radius 2 is 1.81 bits per heavy atom. The van der Waals surface area contributed by atoms with Crippen LogP contribution in [0.25, 0.3) is 0 Å². The molecule has 1 aliphatic heterocycles. The van der Waals surface area contributed by atoms with Crippen LogP contribution < -0.4 is 10.6 Å². The molecule has 152 valence electrons. The van der Waals surface area contributed by atoms with Gasteiger partial charge in [-0.15, -0.1) is 0 Å². The van der Waals surface area contributed by atoms with Gasteiger partial charge < -0.3 is 15.4 Å². The first kappa shape index (κ1) is 21.9. The van der Waals surface area contributed by atoms with E-state index in [1.54, 1.807) is 0 Å². The molecule has 2 rings (SSSR count). The summed E-state index contributed by atoms with van der Waals surface area (Å²) in [6.07, 6.45) is 10.9. The lowest BCUT2D eigenvalue weighted by atomic mass is 9.89. The lowest BCUT2D eigenvalue weighted by molar-refractivity contribution is 0.0940. The van der Waals surface area contributed by atoms with Gasteiger partial charge in [0.2, 0.25) is 0 Å². The molecule has 1 heterocycles. The monoisotopic (exact) mass is 374 g/mol. The van der Waals surface area contributed by atoms with Gasteiger partial charge in [0, 0.05) is 25.3 Å². The van der Waals surface area contributed by atoms with Gasteiger partial charge in [0.15, 0.2) is 0 Å². The molecule has 4 nitrogen and oxygen atoms in total. The van der Waals surface area contributed by atoms with Crippen molar-refractivity contribution < 1.29 is 9.53 Å². The third-order valence-corrected chi connectivity index (χ3v) is 5.35. The first-order chi connectivity index (χ1) is 13.3. The lowest BCUT2D eigenvalue weighted by Crippen LogP contribution is -2.27. The molecular weight excluding hydrogens is 336 g/mol. The second-order valence-electron chi connectivity index (χ2n) is 7.64. The van der Waals surface area contributed by atoms with Crippen LogP contribution in [0.2, 0.25) is 0 Å². The van der Waals surface area contributed by atoms with E-state index in [9.17, 15) is 4.79 Å². The van der Waals surface area contributed by atoms with E-state index in [1.807, 2.05) is 12.1 Å². The zero-order chi connectivity index (χ0) is 19.2. The quantitative estimate of drug-likeness (QED) is 0.494. The van der Waals surface area contributed by atoms with Crippen molar-refractivity contribution in [2.45, 2.75) is 70.6 Å². The summed E-state index contributed by atoms with van der Waals surface area (Å²) < 4.78 is 5.67. The van der Waals surface area contributed by atoms with Gasteiger partial charge in [0.1, 0.15) is 0 Å². The molecule has 2 N–H and O–H groups in total. The van der Waals surface area contributed by atoms with Crippen molar-refractivity contribution in [3.05, 3.63) is 35.4 Å². The topological polar surface area (TPSA) is 50.4 Å². The van der Waals surface area contributed by atoms with Crippen LogP contribution >= 0.6 is 0 Å². The molecule has 0 aromatic heterocycles. The predicted octanol–water partition coefficient (Wildman–Crippen LogP) is 4.65. The molecule has 4 heteroatoms. The maximum Gasteiger partial charge on any atom is 0.251 e. The standard InChI is InChI=1S/C23H38N2O2/c1-2-3-4-5-6-7-17-27-18-9-14-25-23(26)22-11-8-10-21(19-22)20-12-15-24-16-13-20/h8,10-11,19-20,24H,2-7,9,12-18H2,1H3,(H,25,26). The number of ether oxygens (including phenoxy) is 1. The van der Waals surface area contributed by atoms with Gasteiger partial charge >= 0.3 is 0 Å². The SMILES string of the molecule is CCCCCCCCOCCCNC(=O)c1cccc(C2CCNCC2)c1. The molecule has 27 heavy (non-hydrogen) atoms. The van der Waals surface area contributed by atoms with Crippen molar-refractivity contribution in [1.29, 1.82) is 0 Å². The molecule has 0 unspecified atom stereocenters. The van der Waals surface area contributed by atoms with E-state index in [-0.39, 0.29) is 5.91 Å².